The van der Waals surface area contributed by atoms with Gasteiger partial charge in [-0.05, 0) is 12.1 Å². The van der Waals surface area contributed by atoms with Crippen LogP contribution in [0.5, 0.6) is 0 Å². The minimum absolute atomic E-state index is 0.100. The van der Waals surface area contributed by atoms with Crippen molar-refractivity contribution in [1.29, 1.82) is 0 Å². The Kier molecular flexibility index (Phi) is 1.96. The highest BCUT2D eigenvalue weighted by molar-refractivity contribution is 5.78. The van der Waals surface area contributed by atoms with Crippen LogP contribution in [0.1, 0.15) is 0 Å². The van der Waals surface area contributed by atoms with Crippen molar-refractivity contribution in [2.75, 3.05) is 19.0 Å². The molecule has 0 amide bonds. The largest absolute Gasteiger partial charge is 0.357 e. The van der Waals surface area contributed by atoms with Gasteiger partial charge in [-0.15, -0.1) is 0 Å². The van der Waals surface area contributed by atoms with Gasteiger partial charge in [-0.3, -0.25) is 4.79 Å². The summed E-state index contributed by atoms with van der Waals surface area (Å²) >= 11 is 0. The van der Waals surface area contributed by atoms with Crippen LogP contribution in [-0.4, -0.2) is 19.3 Å². The molecule has 0 spiro atoms. The Labute approximate surface area is 80.7 Å². The van der Waals surface area contributed by atoms with Gasteiger partial charge in [-0.1, -0.05) is 17.3 Å². The molecule has 4 nitrogen and oxygen atoms in total. The van der Waals surface area contributed by atoms with Crippen molar-refractivity contribution in [2.24, 2.45) is 0 Å². The standard InChI is InChI=1S/C10H10N2O2/c1-12(2)10-9(13)7-5-3-4-6-8(7)14-11-10/h3-6H,1-2H3. The molecule has 2 rings (SSSR count). The van der Waals surface area contributed by atoms with E-state index in [2.05, 4.69) is 5.16 Å². The van der Waals surface area contributed by atoms with E-state index < -0.39 is 0 Å². The average Bonchev–Trinajstić information content (AvgIpc) is 2.18. The first-order chi connectivity index (χ1) is 6.70. The van der Waals surface area contributed by atoms with Gasteiger partial charge >= 0.3 is 0 Å². The van der Waals surface area contributed by atoms with Crippen LogP contribution in [0.25, 0.3) is 11.0 Å². The molecule has 0 aliphatic carbocycles. The Bertz CT molecular complexity index is 517. The van der Waals surface area contributed by atoms with Crippen LogP contribution < -0.4 is 10.3 Å². The Morgan fingerprint density at radius 2 is 2.00 bits per heavy atom. The predicted molar refractivity (Wildman–Crippen MR) is 54.6 cm³/mol. The second kappa shape index (κ2) is 3.14. The first-order valence-electron chi connectivity index (χ1n) is 4.26. The lowest BCUT2D eigenvalue weighted by atomic mass is 10.2. The molecule has 0 fully saturated rings. The fraction of sp³-hybridized carbons (Fsp3) is 0.200. The molecule has 2 aromatic rings. The van der Waals surface area contributed by atoms with E-state index in [9.17, 15) is 4.79 Å². The second-order valence-corrected chi connectivity index (χ2v) is 3.23. The third-order valence-electron chi connectivity index (χ3n) is 1.99. The quantitative estimate of drug-likeness (QED) is 0.679. The summed E-state index contributed by atoms with van der Waals surface area (Å²) < 4.78 is 5.09. The first-order valence-corrected chi connectivity index (χ1v) is 4.26. The lowest BCUT2D eigenvalue weighted by Crippen LogP contribution is -2.20. The SMILES string of the molecule is CN(C)c1noc2ccccc2c1=O. The minimum Gasteiger partial charge on any atom is -0.357 e. The molecule has 0 atom stereocenters. The second-order valence-electron chi connectivity index (χ2n) is 3.23. The van der Waals surface area contributed by atoms with Crippen molar-refractivity contribution < 1.29 is 4.52 Å². The highest BCUT2D eigenvalue weighted by atomic mass is 16.5. The number of nitrogens with zero attached hydrogens (tertiary/aromatic N) is 2. The molecular formula is C10H10N2O2. The zero-order chi connectivity index (χ0) is 10.1. The number of para-hydroxylation sites is 1. The topological polar surface area (TPSA) is 46.3 Å². The number of fused-ring (bicyclic) bond motifs is 1. The van der Waals surface area contributed by atoms with Crippen LogP contribution in [0.4, 0.5) is 5.82 Å². The molecule has 1 aromatic heterocycles. The Morgan fingerprint density at radius 3 is 2.71 bits per heavy atom. The van der Waals surface area contributed by atoms with E-state index in [1.807, 2.05) is 6.07 Å². The van der Waals surface area contributed by atoms with E-state index in [0.29, 0.717) is 16.8 Å². The summed E-state index contributed by atoms with van der Waals surface area (Å²) in [6.45, 7) is 0. The Morgan fingerprint density at radius 1 is 1.29 bits per heavy atom. The summed E-state index contributed by atoms with van der Waals surface area (Å²) in [7, 11) is 3.52. The minimum atomic E-state index is -0.100. The van der Waals surface area contributed by atoms with Gasteiger partial charge in [0.1, 0.15) is 0 Å². The van der Waals surface area contributed by atoms with Crippen molar-refractivity contribution in [2.45, 2.75) is 0 Å². The number of aromatic nitrogens is 1. The van der Waals surface area contributed by atoms with Crippen molar-refractivity contribution in [1.82, 2.24) is 5.16 Å². The van der Waals surface area contributed by atoms with E-state index in [1.165, 1.54) is 0 Å². The molecule has 0 unspecified atom stereocenters. The molecule has 14 heavy (non-hydrogen) atoms. The van der Waals surface area contributed by atoms with E-state index in [0.717, 1.165) is 0 Å². The third kappa shape index (κ3) is 1.25. The maximum Gasteiger partial charge on any atom is 0.235 e. The Hall–Kier alpha value is -1.84. The van der Waals surface area contributed by atoms with Crippen molar-refractivity contribution in [3.8, 4) is 0 Å². The van der Waals surface area contributed by atoms with Crippen LogP contribution in [0.15, 0.2) is 33.6 Å². The van der Waals surface area contributed by atoms with Crippen molar-refractivity contribution >= 4 is 16.8 Å². The maximum atomic E-state index is 11.8. The van der Waals surface area contributed by atoms with Gasteiger partial charge in [0.05, 0.1) is 5.39 Å². The molecule has 0 aliphatic heterocycles. The van der Waals surface area contributed by atoms with Crippen LogP contribution in [0.3, 0.4) is 0 Å². The first kappa shape index (κ1) is 8.74. The lowest BCUT2D eigenvalue weighted by molar-refractivity contribution is 0.441. The van der Waals surface area contributed by atoms with Gasteiger partial charge in [0, 0.05) is 14.1 Å². The van der Waals surface area contributed by atoms with Crippen LogP contribution >= 0.6 is 0 Å². The summed E-state index contributed by atoms with van der Waals surface area (Å²) in [6.07, 6.45) is 0. The molecule has 4 heteroatoms. The average molecular weight is 190 g/mol. The van der Waals surface area contributed by atoms with E-state index in [-0.39, 0.29) is 5.43 Å². The molecule has 1 heterocycles. The van der Waals surface area contributed by atoms with Gasteiger partial charge in [0.15, 0.2) is 5.58 Å². The lowest BCUT2D eigenvalue weighted by Gasteiger charge is -2.08. The molecule has 0 bridgehead atoms. The van der Waals surface area contributed by atoms with Gasteiger partial charge in [-0.2, -0.15) is 0 Å². The zero-order valence-electron chi connectivity index (χ0n) is 8.02. The number of benzene rings is 1. The third-order valence-corrected chi connectivity index (χ3v) is 1.99. The number of rotatable bonds is 1. The van der Waals surface area contributed by atoms with Crippen LogP contribution in [-0.2, 0) is 0 Å². The smallest absolute Gasteiger partial charge is 0.235 e. The summed E-state index contributed by atoms with van der Waals surface area (Å²) in [6, 6.07) is 7.07. The molecule has 0 aliphatic rings. The van der Waals surface area contributed by atoms with Crippen LogP contribution in [0, 0.1) is 0 Å². The molecule has 0 radical (unpaired) electrons. The molecular weight excluding hydrogens is 180 g/mol. The van der Waals surface area contributed by atoms with Gasteiger partial charge in [-0.25, -0.2) is 0 Å². The molecule has 0 saturated carbocycles. The summed E-state index contributed by atoms with van der Waals surface area (Å²) in [5, 5.41) is 4.31. The highest BCUT2D eigenvalue weighted by Crippen LogP contribution is 2.10. The van der Waals surface area contributed by atoms with Crippen molar-refractivity contribution in [3.63, 3.8) is 0 Å². The van der Waals surface area contributed by atoms with Gasteiger partial charge in [0.25, 0.3) is 0 Å². The van der Waals surface area contributed by atoms with Crippen LogP contribution in [0.2, 0.25) is 0 Å². The normalized spacial score (nSPS) is 10.4. The molecule has 72 valence electrons. The summed E-state index contributed by atoms with van der Waals surface area (Å²) in [4.78, 5) is 13.4. The van der Waals surface area contributed by atoms with E-state index in [1.54, 1.807) is 37.2 Å². The van der Waals surface area contributed by atoms with E-state index >= 15 is 0 Å². The van der Waals surface area contributed by atoms with Gasteiger partial charge < -0.3 is 9.42 Å². The maximum absolute atomic E-state index is 11.8. The van der Waals surface area contributed by atoms with Gasteiger partial charge in [0.2, 0.25) is 11.2 Å². The monoisotopic (exact) mass is 190 g/mol. The highest BCUT2D eigenvalue weighted by Gasteiger charge is 2.08. The Balaban J connectivity index is 2.82. The molecule has 1 aromatic carbocycles. The fourth-order valence-corrected chi connectivity index (χ4v) is 1.27. The number of anilines is 1. The molecule has 0 N–H and O–H groups in total. The number of hydrogen-bond acceptors (Lipinski definition) is 4. The number of hydrogen-bond donors (Lipinski definition) is 0. The summed E-state index contributed by atoms with van der Waals surface area (Å²) in [5.74, 6) is 0.323. The fourth-order valence-electron chi connectivity index (χ4n) is 1.27. The molecule has 0 saturated heterocycles. The zero-order valence-corrected chi connectivity index (χ0v) is 8.02. The summed E-state index contributed by atoms with van der Waals surface area (Å²) in [5.41, 5.74) is 0.417. The van der Waals surface area contributed by atoms with Crippen molar-refractivity contribution in [3.05, 3.63) is 34.5 Å². The predicted octanol–water partition coefficient (Wildman–Crippen LogP) is 1.25. The van der Waals surface area contributed by atoms with E-state index in [4.69, 9.17) is 4.52 Å².